The maximum Gasteiger partial charge on any atom is 0.407 e. The van der Waals surface area contributed by atoms with Crippen molar-refractivity contribution in [3.8, 4) is 0 Å². The molecule has 0 radical (unpaired) electrons. The number of nitrogens with zero attached hydrogens (tertiary/aromatic N) is 1. The molecule has 1 heterocycles. The van der Waals surface area contributed by atoms with Gasteiger partial charge in [-0.1, -0.05) is 6.07 Å². The third kappa shape index (κ3) is 5.17. The smallest absolute Gasteiger partial charge is 0.407 e. The van der Waals surface area contributed by atoms with E-state index in [1.807, 2.05) is 46.8 Å². The van der Waals surface area contributed by atoms with E-state index in [0.29, 0.717) is 0 Å². The number of ether oxygens (including phenoxy) is 1. The molecule has 0 saturated heterocycles. The number of hydrogen-bond acceptors (Lipinski definition) is 3. The van der Waals surface area contributed by atoms with Gasteiger partial charge < -0.3 is 10.1 Å². The zero-order chi connectivity index (χ0) is 13.8. The largest absolute Gasteiger partial charge is 0.444 e. The van der Waals surface area contributed by atoms with E-state index in [0.717, 1.165) is 17.7 Å². The quantitative estimate of drug-likeness (QED) is 0.897. The van der Waals surface area contributed by atoms with Crippen molar-refractivity contribution in [1.82, 2.24) is 10.3 Å². The molecule has 18 heavy (non-hydrogen) atoms. The minimum Gasteiger partial charge on any atom is -0.444 e. The van der Waals surface area contributed by atoms with Crippen LogP contribution in [0.2, 0.25) is 0 Å². The van der Waals surface area contributed by atoms with Gasteiger partial charge in [-0.2, -0.15) is 0 Å². The number of alkyl carbamates (subject to hydrolysis) is 1. The molecule has 0 aliphatic carbocycles. The Morgan fingerprint density at radius 2 is 2.17 bits per heavy atom. The van der Waals surface area contributed by atoms with Crippen LogP contribution < -0.4 is 5.32 Å². The zero-order valence-electron chi connectivity index (χ0n) is 11.8. The summed E-state index contributed by atoms with van der Waals surface area (Å²) in [5, 5.41) is 2.82. The topological polar surface area (TPSA) is 51.2 Å². The lowest BCUT2D eigenvalue weighted by molar-refractivity contribution is 0.0508. The van der Waals surface area contributed by atoms with Crippen molar-refractivity contribution in [1.29, 1.82) is 0 Å². The lowest BCUT2D eigenvalue weighted by atomic mass is 10.1. The Balaban J connectivity index is 2.50. The molecule has 0 aliphatic heterocycles. The second kappa shape index (κ2) is 5.85. The van der Waals surface area contributed by atoms with E-state index in [1.54, 1.807) is 6.20 Å². The van der Waals surface area contributed by atoms with Crippen LogP contribution in [0.1, 0.15) is 39.0 Å². The molecule has 4 nitrogen and oxygen atoms in total. The van der Waals surface area contributed by atoms with Crippen LogP contribution in [0.5, 0.6) is 0 Å². The molecule has 0 fully saturated rings. The molecule has 0 spiro atoms. The van der Waals surface area contributed by atoms with E-state index in [4.69, 9.17) is 4.74 Å². The van der Waals surface area contributed by atoms with Crippen molar-refractivity contribution < 1.29 is 9.53 Å². The van der Waals surface area contributed by atoms with Gasteiger partial charge in [0.1, 0.15) is 5.60 Å². The van der Waals surface area contributed by atoms with Gasteiger partial charge in [-0.15, -0.1) is 0 Å². The Hall–Kier alpha value is -1.58. The second-order valence-corrected chi connectivity index (χ2v) is 5.50. The summed E-state index contributed by atoms with van der Waals surface area (Å²) in [4.78, 5) is 15.8. The van der Waals surface area contributed by atoms with Gasteiger partial charge in [0.15, 0.2) is 0 Å². The van der Waals surface area contributed by atoms with Crippen LogP contribution in [0.25, 0.3) is 0 Å². The van der Waals surface area contributed by atoms with E-state index in [-0.39, 0.29) is 12.1 Å². The summed E-state index contributed by atoms with van der Waals surface area (Å²) in [7, 11) is 0. The van der Waals surface area contributed by atoms with Gasteiger partial charge in [0.2, 0.25) is 0 Å². The minimum atomic E-state index is -0.464. The van der Waals surface area contributed by atoms with Crippen LogP contribution >= 0.6 is 0 Å². The molecule has 1 aromatic rings. The van der Waals surface area contributed by atoms with E-state index >= 15 is 0 Å². The highest BCUT2D eigenvalue weighted by Crippen LogP contribution is 2.09. The van der Waals surface area contributed by atoms with Gasteiger partial charge >= 0.3 is 6.09 Å². The zero-order valence-corrected chi connectivity index (χ0v) is 11.8. The summed E-state index contributed by atoms with van der Waals surface area (Å²) >= 11 is 0. The molecule has 0 unspecified atom stereocenters. The molecule has 4 heteroatoms. The third-order valence-electron chi connectivity index (χ3n) is 2.41. The first-order chi connectivity index (χ1) is 8.28. The number of hydrogen-bond donors (Lipinski definition) is 1. The molecular weight excluding hydrogens is 228 g/mol. The van der Waals surface area contributed by atoms with E-state index in [9.17, 15) is 4.79 Å². The molecule has 100 valence electrons. The maximum atomic E-state index is 11.6. The molecule has 0 saturated carbocycles. The summed E-state index contributed by atoms with van der Waals surface area (Å²) < 4.78 is 5.21. The van der Waals surface area contributed by atoms with E-state index in [1.165, 1.54) is 0 Å². The number of rotatable bonds is 3. The Labute approximate surface area is 109 Å². The molecule has 1 aromatic heterocycles. The van der Waals surface area contributed by atoms with Crippen molar-refractivity contribution in [2.24, 2.45) is 0 Å². The first-order valence-corrected chi connectivity index (χ1v) is 6.18. The van der Waals surface area contributed by atoms with Crippen molar-refractivity contribution in [3.05, 3.63) is 29.6 Å². The average Bonchev–Trinajstić information content (AvgIpc) is 2.18. The molecule has 0 bridgehead atoms. The molecular formula is C14H22N2O2. The number of aryl methyl sites for hydroxylation is 1. The predicted octanol–water partition coefficient (Wildman–Crippen LogP) is 2.85. The van der Waals surface area contributed by atoms with Gasteiger partial charge in [-0.25, -0.2) is 4.79 Å². The normalized spacial score (nSPS) is 12.9. The van der Waals surface area contributed by atoms with Crippen molar-refractivity contribution >= 4 is 6.09 Å². The standard InChI is InChI=1S/C14H22N2O2/c1-10(16-13(17)18-14(3,4)5)9-12-7-6-8-15-11(12)2/h6-8,10H,9H2,1-5H3,(H,16,17)/t10-/m0/s1. The molecule has 1 atom stereocenters. The van der Waals surface area contributed by atoms with Crippen LogP contribution in [0.4, 0.5) is 4.79 Å². The summed E-state index contributed by atoms with van der Waals surface area (Å²) in [5.41, 5.74) is 1.67. The number of nitrogens with one attached hydrogen (secondary N) is 1. The molecule has 1 N–H and O–H groups in total. The molecule has 1 rings (SSSR count). The van der Waals surface area contributed by atoms with Crippen LogP contribution in [-0.4, -0.2) is 22.7 Å². The summed E-state index contributed by atoms with van der Waals surface area (Å²) in [6.45, 7) is 9.47. The Morgan fingerprint density at radius 3 is 2.72 bits per heavy atom. The van der Waals surface area contributed by atoms with Crippen molar-refractivity contribution in [3.63, 3.8) is 0 Å². The molecule has 1 amide bonds. The Kier molecular flexibility index (Phi) is 4.70. The third-order valence-corrected chi connectivity index (χ3v) is 2.41. The van der Waals surface area contributed by atoms with Crippen LogP contribution in [0.3, 0.4) is 0 Å². The Morgan fingerprint density at radius 1 is 1.50 bits per heavy atom. The fraction of sp³-hybridized carbons (Fsp3) is 0.571. The first kappa shape index (κ1) is 14.5. The number of pyridine rings is 1. The number of aromatic nitrogens is 1. The maximum absolute atomic E-state index is 11.6. The lowest BCUT2D eigenvalue weighted by Gasteiger charge is -2.22. The second-order valence-electron chi connectivity index (χ2n) is 5.50. The average molecular weight is 250 g/mol. The van der Waals surface area contributed by atoms with Gasteiger partial charge in [0.25, 0.3) is 0 Å². The predicted molar refractivity (Wildman–Crippen MR) is 71.5 cm³/mol. The Bertz CT molecular complexity index is 411. The monoisotopic (exact) mass is 250 g/mol. The van der Waals surface area contributed by atoms with Crippen LogP contribution in [-0.2, 0) is 11.2 Å². The fourth-order valence-corrected chi connectivity index (χ4v) is 1.62. The minimum absolute atomic E-state index is 0.0164. The van der Waals surface area contributed by atoms with Gasteiger partial charge in [-0.05, 0) is 52.7 Å². The van der Waals surface area contributed by atoms with Gasteiger partial charge in [-0.3, -0.25) is 4.98 Å². The van der Waals surface area contributed by atoms with Crippen LogP contribution in [0, 0.1) is 6.92 Å². The van der Waals surface area contributed by atoms with E-state index in [2.05, 4.69) is 10.3 Å². The first-order valence-electron chi connectivity index (χ1n) is 6.18. The van der Waals surface area contributed by atoms with Gasteiger partial charge in [0, 0.05) is 17.9 Å². The van der Waals surface area contributed by atoms with Crippen molar-refractivity contribution in [2.45, 2.75) is 52.7 Å². The van der Waals surface area contributed by atoms with E-state index < -0.39 is 5.60 Å². The van der Waals surface area contributed by atoms with Crippen molar-refractivity contribution in [2.75, 3.05) is 0 Å². The number of carbonyl (C=O) groups excluding carboxylic acids is 1. The number of carbonyl (C=O) groups is 1. The number of amides is 1. The lowest BCUT2D eigenvalue weighted by Crippen LogP contribution is -2.38. The summed E-state index contributed by atoms with van der Waals surface area (Å²) in [6.07, 6.45) is 2.14. The fourth-order valence-electron chi connectivity index (χ4n) is 1.62. The van der Waals surface area contributed by atoms with Gasteiger partial charge in [0.05, 0.1) is 0 Å². The molecule has 0 aromatic carbocycles. The van der Waals surface area contributed by atoms with Crippen LogP contribution in [0.15, 0.2) is 18.3 Å². The highest BCUT2D eigenvalue weighted by molar-refractivity contribution is 5.68. The highest BCUT2D eigenvalue weighted by Gasteiger charge is 2.17. The SMILES string of the molecule is Cc1ncccc1C[C@H](C)NC(=O)OC(C)(C)C. The highest BCUT2D eigenvalue weighted by atomic mass is 16.6. The molecule has 0 aliphatic rings. The summed E-state index contributed by atoms with van der Waals surface area (Å²) in [5.74, 6) is 0. The summed E-state index contributed by atoms with van der Waals surface area (Å²) in [6, 6.07) is 3.95.